The van der Waals surface area contributed by atoms with Crippen molar-refractivity contribution in [2.24, 2.45) is 15.7 Å². The van der Waals surface area contributed by atoms with E-state index < -0.39 is 29.6 Å². The van der Waals surface area contributed by atoms with Gasteiger partial charge in [-0.2, -0.15) is 0 Å². The number of aliphatic hydroxyl groups is 1. The molecule has 8 nitrogen and oxygen atoms in total. The molecule has 4 atom stereocenters. The summed E-state index contributed by atoms with van der Waals surface area (Å²) in [5.41, 5.74) is 5.04. The van der Waals surface area contributed by atoms with Crippen molar-refractivity contribution >= 4 is 23.2 Å². The van der Waals surface area contributed by atoms with Crippen molar-refractivity contribution in [3.63, 3.8) is 0 Å². The first kappa shape index (κ1) is 22.1. The van der Waals surface area contributed by atoms with E-state index in [9.17, 15) is 14.7 Å². The first-order chi connectivity index (χ1) is 15.3. The molecule has 0 spiro atoms. The number of halogens is 1. The number of likely N-dealkylation sites (N-methyl/N-ethyl adjacent to an activating group) is 1. The van der Waals surface area contributed by atoms with Gasteiger partial charge in [0.2, 0.25) is 5.60 Å². The van der Waals surface area contributed by atoms with E-state index in [1.54, 1.807) is 31.3 Å². The molecule has 0 saturated carbocycles. The van der Waals surface area contributed by atoms with Crippen molar-refractivity contribution in [3.8, 4) is 11.8 Å². The van der Waals surface area contributed by atoms with Gasteiger partial charge in [0.15, 0.2) is 0 Å². The fourth-order valence-corrected chi connectivity index (χ4v) is 3.90. The molecule has 2 saturated heterocycles. The maximum Gasteiger partial charge on any atom is 0.268 e. The van der Waals surface area contributed by atoms with Crippen molar-refractivity contribution in [1.29, 1.82) is 0 Å². The Morgan fingerprint density at radius 1 is 1.50 bits per heavy atom. The Bertz CT molecular complexity index is 1060. The second kappa shape index (κ2) is 8.81. The molecule has 1 aromatic carbocycles. The van der Waals surface area contributed by atoms with Gasteiger partial charge >= 0.3 is 0 Å². The van der Waals surface area contributed by atoms with E-state index in [0.717, 1.165) is 6.42 Å². The lowest BCUT2D eigenvalue weighted by molar-refractivity contribution is -0.137. The number of rotatable bonds is 4. The fraction of sp³-hybridized carbons (Fsp3) is 0.478. The first-order valence-electron chi connectivity index (χ1n) is 10.5. The zero-order chi connectivity index (χ0) is 22.9. The Balaban J connectivity index is 1.58. The minimum Gasteiger partial charge on any atom is -0.376 e. The number of aliphatic imine (C=N–C) groups is 2. The zero-order valence-corrected chi connectivity index (χ0v) is 17.8. The van der Waals surface area contributed by atoms with Crippen LogP contribution >= 0.6 is 0 Å². The molecule has 1 aromatic rings. The predicted molar refractivity (Wildman–Crippen MR) is 116 cm³/mol. The van der Waals surface area contributed by atoms with E-state index >= 15 is 4.39 Å². The van der Waals surface area contributed by atoms with Gasteiger partial charge in [0.25, 0.3) is 11.8 Å². The fourth-order valence-electron chi connectivity index (χ4n) is 3.90. The second-order valence-corrected chi connectivity index (χ2v) is 8.29. The summed E-state index contributed by atoms with van der Waals surface area (Å²) in [6.07, 6.45) is -0.368. The highest BCUT2D eigenvalue weighted by Gasteiger charge is 2.42. The molecule has 0 aromatic heterocycles. The number of likely N-dealkylation sites (tertiary alicyclic amines) is 1. The van der Waals surface area contributed by atoms with Crippen molar-refractivity contribution in [1.82, 2.24) is 4.90 Å². The minimum atomic E-state index is -1.72. The number of hydrogen-bond donors (Lipinski definition) is 2. The molecule has 0 radical (unpaired) electrons. The summed E-state index contributed by atoms with van der Waals surface area (Å²) in [4.78, 5) is 34.1. The van der Waals surface area contributed by atoms with Crippen LogP contribution in [-0.2, 0) is 14.3 Å². The summed E-state index contributed by atoms with van der Waals surface area (Å²) in [5.74, 6) is 4.27. The van der Waals surface area contributed by atoms with E-state index in [1.807, 2.05) is 0 Å². The molecule has 32 heavy (non-hydrogen) atoms. The molecule has 2 fully saturated rings. The molecule has 4 unspecified atom stereocenters. The van der Waals surface area contributed by atoms with Crippen LogP contribution in [0.15, 0.2) is 34.3 Å². The van der Waals surface area contributed by atoms with Gasteiger partial charge in [0.05, 0.1) is 18.4 Å². The quantitative estimate of drug-likeness (QED) is 0.666. The van der Waals surface area contributed by atoms with Gasteiger partial charge < -0.3 is 20.5 Å². The molecule has 3 N–H and O–H groups in total. The maximum atomic E-state index is 15.1. The monoisotopic (exact) mass is 440 g/mol. The first-order valence-corrected chi connectivity index (χ1v) is 10.5. The van der Waals surface area contributed by atoms with Gasteiger partial charge in [0, 0.05) is 38.6 Å². The molecular weight excluding hydrogens is 415 g/mol. The number of benzene rings is 1. The van der Waals surface area contributed by atoms with Crippen LogP contribution in [0.25, 0.3) is 0 Å². The van der Waals surface area contributed by atoms with Gasteiger partial charge in [-0.15, -0.1) is 0 Å². The molecule has 2 amide bonds. The maximum absolute atomic E-state index is 15.1. The molecule has 3 aliphatic heterocycles. The number of ether oxygens (including phenoxy) is 1. The van der Waals surface area contributed by atoms with Crippen molar-refractivity contribution in [2.45, 2.75) is 43.2 Å². The Morgan fingerprint density at radius 3 is 2.91 bits per heavy atom. The van der Waals surface area contributed by atoms with Gasteiger partial charge in [-0.25, -0.2) is 4.39 Å². The number of alkyl halides is 1. The Labute approximate surface area is 185 Å². The van der Waals surface area contributed by atoms with Crippen LogP contribution in [0.1, 0.15) is 36.4 Å². The summed E-state index contributed by atoms with van der Waals surface area (Å²) in [7, 11) is 1.61. The highest BCUT2D eigenvalue weighted by atomic mass is 19.1. The van der Waals surface area contributed by atoms with Gasteiger partial charge in [0.1, 0.15) is 17.9 Å². The summed E-state index contributed by atoms with van der Waals surface area (Å²) in [5, 5.41) is 10.5. The lowest BCUT2D eigenvalue weighted by Gasteiger charge is -2.27. The van der Waals surface area contributed by atoms with Crippen molar-refractivity contribution < 1.29 is 23.8 Å². The molecule has 9 heteroatoms. The summed E-state index contributed by atoms with van der Waals surface area (Å²) >= 11 is 0. The number of primary amides is 1. The highest BCUT2D eigenvalue weighted by Crippen LogP contribution is 2.31. The highest BCUT2D eigenvalue weighted by molar-refractivity contribution is 6.67. The van der Waals surface area contributed by atoms with E-state index in [-0.39, 0.29) is 30.4 Å². The molecular formula is C23H25FN4O4. The number of carbonyl (C=O) groups is 2. The Morgan fingerprint density at radius 2 is 2.28 bits per heavy atom. The van der Waals surface area contributed by atoms with Crippen molar-refractivity contribution in [3.05, 3.63) is 35.4 Å². The second-order valence-electron chi connectivity index (χ2n) is 8.29. The molecule has 3 heterocycles. The average Bonchev–Trinajstić information content (AvgIpc) is 2.99. The van der Waals surface area contributed by atoms with Crippen LogP contribution in [0.5, 0.6) is 0 Å². The van der Waals surface area contributed by atoms with Crippen LogP contribution < -0.4 is 5.73 Å². The third-order valence-electron chi connectivity index (χ3n) is 5.94. The van der Waals surface area contributed by atoms with E-state index in [0.29, 0.717) is 30.8 Å². The van der Waals surface area contributed by atoms with Gasteiger partial charge in [-0.05, 0) is 24.1 Å². The van der Waals surface area contributed by atoms with E-state index in [1.165, 1.54) is 4.90 Å². The number of nitrogens with zero attached hydrogens (tertiary/aromatic N) is 3. The topological polar surface area (TPSA) is 118 Å². The number of nitrogens with two attached hydrogens (primary N) is 1. The largest absolute Gasteiger partial charge is 0.376 e. The molecule has 0 aliphatic carbocycles. The molecule has 168 valence electrons. The number of carbonyl (C=O) groups excluding carboxylic acids is 2. The number of hydrogen-bond acceptors (Lipinski definition) is 6. The minimum absolute atomic E-state index is 0.0102. The Hall–Kier alpha value is -3.09. The third kappa shape index (κ3) is 4.42. The number of amides is 2. The van der Waals surface area contributed by atoms with Crippen LogP contribution in [0.3, 0.4) is 0 Å². The molecule has 4 rings (SSSR count). The standard InChI is InChI=1S/C23H25FN4O4/c1-28-9-8-23(31,22(28)30)7-5-14-3-2-4-15(11-14)19-17(24)12-18(20(27-19)21(25)29)26-13-16-6-10-32-16/h2-4,11,16-17,19,31H,6,8-10,12-13H2,1H3,(H2,25,29). The molecule has 3 aliphatic rings. The Kier molecular flexibility index (Phi) is 6.09. The smallest absolute Gasteiger partial charge is 0.268 e. The summed E-state index contributed by atoms with van der Waals surface area (Å²) in [6, 6.07) is 5.79. The SMILES string of the molecule is CN1CCC(O)(C#Cc2cccc(C3N=C(C(N)=O)C(=NCC4CCO4)CC3F)c2)C1=O. The van der Waals surface area contributed by atoms with Gasteiger partial charge in [-0.3, -0.25) is 19.6 Å². The van der Waals surface area contributed by atoms with Crippen molar-refractivity contribution in [2.75, 3.05) is 26.7 Å². The van der Waals surface area contributed by atoms with Crippen LogP contribution in [0.4, 0.5) is 4.39 Å². The van der Waals surface area contributed by atoms with Gasteiger partial charge in [-0.1, -0.05) is 24.0 Å². The zero-order valence-electron chi connectivity index (χ0n) is 17.8. The third-order valence-corrected chi connectivity index (χ3v) is 5.94. The molecule has 0 bridgehead atoms. The summed E-state index contributed by atoms with van der Waals surface area (Å²) < 4.78 is 20.4. The summed E-state index contributed by atoms with van der Waals surface area (Å²) in [6.45, 7) is 1.46. The van der Waals surface area contributed by atoms with Crippen LogP contribution in [0, 0.1) is 11.8 Å². The predicted octanol–water partition coefficient (Wildman–Crippen LogP) is 0.570. The van der Waals surface area contributed by atoms with Crippen LogP contribution in [0.2, 0.25) is 0 Å². The lowest BCUT2D eigenvalue weighted by Crippen LogP contribution is -2.39. The van der Waals surface area contributed by atoms with E-state index in [2.05, 4.69) is 21.8 Å². The van der Waals surface area contributed by atoms with Crippen LogP contribution in [-0.4, -0.2) is 77.9 Å². The van der Waals surface area contributed by atoms with E-state index in [4.69, 9.17) is 10.5 Å². The average molecular weight is 440 g/mol. The lowest BCUT2D eigenvalue weighted by atomic mass is 9.92. The normalized spacial score (nSPS) is 31.0.